The topological polar surface area (TPSA) is 57.7 Å². The maximum absolute atomic E-state index is 13.3. The summed E-state index contributed by atoms with van der Waals surface area (Å²) in [5, 5.41) is 0. The molecule has 0 saturated carbocycles. The van der Waals surface area contributed by atoms with Gasteiger partial charge in [-0.25, -0.2) is 17.2 Å². The van der Waals surface area contributed by atoms with E-state index in [2.05, 4.69) is 0 Å². The first-order valence-corrected chi connectivity index (χ1v) is 9.54. The van der Waals surface area contributed by atoms with Crippen LogP contribution in [0, 0.1) is 11.6 Å². The molecule has 0 aliphatic carbocycles. The second kappa shape index (κ2) is 7.13. The molecule has 1 saturated heterocycles. The maximum Gasteiger partial charge on any atom is 0.243 e. The van der Waals surface area contributed by atoms with Crippen molar-refractivity contribution in [2.24, 2.45) is 0 Å². The molecule has 0 spiro atoms. The molecule has 1 amide bonds. The summed E-state index contributed by atoms with van der Waals surface area (Å²) in [6, 6.07) is 9.36. The van der Waals surface area contributed by atoms with Crippen LogP contribution in [0.15, 0.2) is 47.4 Å². The number of amides is 1. The molecule has 2 aromatic rings. The molecule has 1 heterocycles. The molecule has 0 bridgehead atoms. The van der Waals surface area contributed by atoms with E-state index < -0.39 is 21.7 Å². The fraction of sp³-hybridized carbons (Fsp3) is 0.278. The summed E-state index contributed by atoms with van der Waals surface area (Å²) < 4.78 is 52.7. The Morgan fingerprint density at radius 1 is 1.08 bits per heavy atom. The van der Waals surface area contributed by atoms with Crippen LogP contribution in [-0.2, 0) is 21.4 Å². The van der Waals surface area contributed by atoms with Crippen molar-refractivity contribution in [3.8, 4) is 0 Å². The number of sulfonamides is 1. The normalized spacial score (nSPS) is 15.1. The van der Waals surface area contributed by atoms with Crippen molar-refractivity contribution in [1.29, 1.82) is 0 Å². The molecule has 8 heteroatoms. The number of anilines is 1. The lowest BCUT2D eigenvalue weighted by atomic mass is 10.2. The van der Waals surface area contributed by atoms with Gasteiger partial charge in [-0.1, -0.05) is 6.07 Å². The fourth-order valence-electron chi connectivity index (χ4n) is 2.88. The highest BCUT2D eigenvalue weighted by Gasteiger charge is 2.24. The summed E-state index contributed by atoms with van der Waals surface area (Å²) >= 11 is 0. The molecule has 0 N–H and O–H groups in total. The van der Waals surface area contributed by atoms with Gasteiger partial charge in [-0.05, 0) is 48.4 Å². The Bertz CT molecular complexity index is 930. The summed E-state index contributed by atoms with van der Waals surface area (Å²) in [7, 11) is -2.43. The van der Waals surface area contributed by atoms with Crippen LogP contribution in [0.2, 0.25) is 0 Å². The van der Waals surface area contributed by atoms with Crippen molar-refractivity contribution in [2.75, 3.05) is 18.5 Å². The zero-order valence-corrected chi connectivity index (χ0v) is 15.0. The average Bonchev–Trinajstić information content (AvgIpc) is 3.04. The fourth-order valence-corrected chi connectivity index (χ4v) is 4.04. The van der Waals surface area contributed by atoms with Crippen LogP contribution in [0.5, 0.6) is 0 Å². The minimum absolute atomic E-state index is 0.0241. The van der Waals surface area contributed by atoms with Gasteiger partial charge in [-0.15, -0.1) is 0 Å². The summed E-state index contributed by atoms with van der Waals surface area (Å²) in [4.78, 5) is 13.5. The molecule has 0 aromatic heterocycles. The third kappa shape index (κ3) is 3.61. The maximum atomic E-state index is 13.3. The Labute approximate surface area is 150 Å². The van der Waals surface area contributed by atoms with E-state index in [4.69, 9.17) is 0 Å². The second-order valence-corrected chi connectivity index (χ2v) is 8.20. The highest BCUT2D eigenvalue weighted by Crippen LogP contribution is 2.24. The molecule has 0 unspecified atom stereocenters. The number of nitrogens with zero attached hydrogens (tertiary/aromatic N) is 2. The van der Waals surface area contributed by atoms with Crippen LogP contribution >= 0.6 is 0 Å². The zero-order valence-electron chi connectivity index (χ0n) is 14.2. The van der Waals surface area contributed by atoms with Gasteiger partial charge in [0, 0.05) is 32.2 Å². The quantitative estimate of drug-likeness (QED) is 0.801. The minimum atomic E-state index is -3.80. The third-order valence-corrected chi connectivity index (χ3v) is 6.14. The first-order valence-electron chi connectivity index (χ1n) is 8.10. The highest BCUT2D eigenvalue weighted by atomic mass is 32.2. The number of hydrogen-bond donors (Lipinski definition) is 0. The van der Waals surface area contributed by atoms with Gasteiger partial charge in [-0.2, -0.15) is 4.31 Å². The average molecular weight is 380 g/mol. The zero-order chi connectivity index (χ0) is 18.9. The Kier molecular flexibility index (Phi) is 5.06. The van der Waals surface area contributed by atoms with Gasteiger partial charge in [0.2, 0.25) is 15.9 Å². The molecule has 2 aromatic carbocycles. The van der Waals surface area contributed by atoms with Crippen LogP contribution < -0.4 is 4.90 Å². The van der Waals surface area contributed by atoms with Crippen LogP contribution in [0.4, 0.5) is 14.5 Å². The van der Waals surface area contributed by atoms with E-state index in [-0.39, 0.29) is 17.3 Å². The van der Waals surface area contributed by atoms with Gasteiger partial charge in [0.05, 0.1) is 4.90 Å². The Balaban J connectivity index is 1.78. The molecular formula is C18H18F2N2O3S. The van der Waals surface area contributed by atoms with Gasteiger partial charge >= 0.3 is 0 Å². The first-order chi connectivity index (χ1) is 12.3. The van der Waals surface area contributed by atoms with Crippen molar-refractivity contribution in [3.63, 3.8) is 0 Å². The van der Waals surface area contributed by atoms with E-state index >= 15 is 0 Å². The van der Waals surface area contributed by atoms with Crippen LogP contribution in [0.3, 0.4) is 0 Å². The highest BCUT2D eigenvalue weighted by molar-refractivity contribution is 7.89. The van der Waals surface area contributed by atoms with Crippen molar-refractivity contribution in [1.82, 2.24) is 4.31 Å². The van der Waals surface area contributed by atoms with Gasteiger partial charge in [0.25, 0.3) is 0 Å². The Morgan fingerprint density at radius 3 is 2.35 bits per heavy atom. The minimum Gasteiger partial charge on any atom is -0.312 e. The standard InChI is InChI=1S/C18H18F2N2O3S/c1-21(12-13-4-9-16(19)17(20)11-13)26(24,25)15-7-5-14(6-8-15)22-10-2-3-18(22)23/h4-9,11H,2-3,10,12H2,1H3. The van der Waals surface area contributed by atoms with Gasteiger partial charge in [0.1, 0.15) is 0 Å². The lowest BCUT2D eigenvalue weighted by Gasteiger charge is -2.19. The van der Waals surface area contributed by atoms with Crippen LogP contribution in [0.25, 0.3) is 0 Å². The summed E-state index contributed by atoms with van der Waals surface area (Å²) in [6.07, 6.45) is 1.28. The van der Waals surface area contributed by atoms with Crippen LogP contribution in [-0.4, -0.2) is 32.2 Å². The molecule has 0 radical (unpaired) electrons. The third-order valence-electron chi connectivity index (χ3n) is 4.32. The molecule has 1 aliphatic rings. The second-order valence-electron chi connectivity index (χ2n) is 6.15. The van der Waals surface area contributed by atoms with E-state index in [9.17, 15) is 22.0 Å². The van der Waals surface area contributed by atoms with Crippen molar-refractivity contribution in [3.05, 3.63) is 59.7 Å². The Morgan fingerprint density at radius 2 is 1.77 bits per heavy atom. The molecule has 3 rings (SSSR count). The van der Waals surface area contributed by atoms with E-state index in [0.717, 1.165) is 22.9 Å². The van der Waals surface area contributed by atoms with E-state index in [0.29, 0.717) is 24.2 Å². The van der Waals surface area contributed by atoms with E-state index in [1.165, 1.54) is 25.2 Å². The van der Waals surface area contributed by atoms with Crippen molar-refractivity contribution < 1.29 is 22.0 Å². The molecule has 26 heavy (non-hydrogen) atoms. The smallest absolute Gasteiger partial charge is 0.243 e. The predicted molar refractivity (Wildman–Crippen MR) is 93.0 cm³/mol. The number of carbonyl (C=O) groups excluding carboxylic acids is 1. The van der Waals surface area contributed by atoms with E-state index in [1.807, 2.05) is 0 Å². The number of carbonyl (C=O) groups is 1. The Hall–Kier alpha value is -2.32. The monoisotopic (exact) mass is 380 g/mol. The number of benzene rings is 2. The van der Waals surface area contributed by atoms with Gasteiger partial charge < -0.3 is 4.90 Å². The van der Waals surface area contributed by atoms with Crippen molar-refractivity contribution >= 4 is 21.6 Å². The predicted octanol–water partition coefficient (Wildman–Crippen LogP) is 2.91. The number of halogens is 2. The summed E-state index contributed by atoms with van der Waals surface area (Å²) in [6.45, 7) is 0.535. The number of rotatable bonds is 5. The molecule has 5 nitrogen and oxygen atoms in total. The SMILES string of the molecule is CN(Cc1ccc(F)c(F)c1)S(=O)(=O)c1ccc(N2CCCC2=O)cc1. The lowest BCUT2D eigenvalue weighted by Crippen LogP contribution is -2.27. The van der Waals surface area contributed by atoms with Crippen LogP contribution in [0.1, 0.15) is 18.4 Å². The first kappa shape index (κ1) is 18.5. The van der Waals surface area contributed by atoms with E-state index in [1.54, 1.807) is 17.0 Å². The number of hydrogen-bond acceptors (Lipinski definition) is 3. The summed E-state index contributed by atoms with van der Waals surface area (Å²) in [5.41, 5.74) is 1.00. The van der Waals surface area contributed by atoms with Crippen molar-refractivity contribution in [2.45, 2.75) is 24.3 Å². The van der Waals surface area contributed by atoms with Gasteiger partial charge in [-0.3, -0.25) is 4.79 Å². The largest absolute Gasteiger partial charge is 0.312 e. The molecule has 138 valence electrons. The van der Waals surface area contributed by atoms with Gasteiger partial charge in [0.15, 0.2) is 11.6 Å². The molecule has 0 atom stereocenters. The molecule has 1 fully saturated rings. The summed E-state index contributed by atoms with van der Waals surface area (Å²) in [5.74, 6) is -1.98. The lowest BCUT2D eigenvalue weighted by molar-refractivity contribution is -0.117. The molecular weight excluding hydrogens is 362 g/mol. The molecule has 1 aliphatic heterocycles.